The average Bonchev–Trinajstić information content (AvgIpc) is 2.48. The van der Waals surface area contributed by atoms with Gasteiger partial charge in [-0.25, -0.2) is 4.79 Å². The number of alkyl carbamates (subject to hydrolysis) is 1. The van der Waals surface area contributed by atoms with Crippen LogP contribution in [0.3, 0.4) is 0 Å². The second-order valence-corrected chi connectivity index (χ2v) is 9.38. The van der Waals surface area contributed by atoms with Crippen LogP contribution in [0.15, 0.2) is 18.2 Å². The molecule has 26 heavy (non-hydrogen) atoms. The molecule has 1 aromatic carbocycles. The van der Waals surface area contributed by atoms with Crippen molar-refractivity contribution in [3.8, 4) is 11.8 Å². The van der Waals surface area contributed by atoms with Gasteiger partial charge in [0, 0.05) is 22.9 Å². The third-order valence-corrected chi connectivity index (χ3v) is 5.13. The number of halogens is 1. The second-order valence-electron chi connectivity index (χ2n) is 8.97. The molecule has 1 aromatic rings. The van der Waals surface area contributed by atoms with Crippen molar-refractivity contribution in [3.05, 3.63) is 28.8 Å². The van der Waals surface area contributed by atoms with Crippen LogP contribution >= 0.6 is 11.6 Å². The Labute approximate surface area is 160 Å². The maximum Gasteiger partial charge on any atom is 0.407 e. The van der Waals surface area contributed by atoms with Gasteiger partial charge < -0.3 is 14.8 Å². The minimum Gasteiger partial charge on any atom is -0.489 e. The van der Waals surface area contributed by atoms with E-state index in [1.165, 1.54) is 0 Å². The van der Waals surface area contributed by atoms with Gasteiger partial charge in [0.25, 0.3) is 0 Å². The van der Waals surface area contributed by atoms with Crippen molar-refractivity contribution in [2.24, 2.45) is 10.8 Å². The summed E-state index contributed by atoms with van der Waals surface area (Å²) < 4.78 is 11.6. The molecule has 0 saturated heterocycles. The summed E-state index contributed by atoms with van der Waals surface area (Å²) in [6.45, 7) is 13.7. The van der Waals surface area contributed by atoms with Crippen molar-refractivity contribution in [1.29, 1.82) is 5.26 Å². The third-order valence-electron chi connectivity index (χ3n) is 4.82. The summed E-state index contributed by atoms with van der Waals surface area (Å²) in [5.74, 6) is 0.607. The van der Waals surface area contributed by atoms with Crippen molar-refractivity contribution in [3.63, 3.8) is 0 Å². The number of benzene rings is 1. The first-order valence-electron chi connectivity index (χ1n) is 8.65. The number of hydrogen-bond acceptors (Lipinski definition) is 4. The van der Waals surface area contributed by atoms with Gasteiger partial charge in [-0.05, 0) is 32.9 Å². The van der Waals surface area contributed by atoms with Gasteiger partial charge in [0.15, 0.2) is 0 Å². The summed E-state index contributed by atoms with van der Waals surface area (Å²) >= 11 is 6.10. The lowest BCUT2D eigenvalue weighted by molar-refractivity contribution is -0.166. The Kier molecular flexibility index (Phi) is 5.22. The lowest BCUT2D eigenvalue weighted by atomic mass is 9.49. The maximum atomic E-state index is 12.2. The van der Waals surface area contributed by atoms with Crippen molar-refractivity contribution in [1.82, 2.24) is 5.32 Å². The topological polar surface area (TPSA) is 71.3 Å². The van der Waals surface area contributed by atoms with Gasteiger partial charge in [0.1, 0.15) is 23.5 Å². The molecular weight excluding hydrogens is 352 g/mol. The fraction of sp³-hybridized carbons (Fsp3) is 0.600. The van der Waals surface area contributed by atoms with Gasteiger partial charge in [0.2, 0.25) is 0 Å². The molecule has 1 saturated carbocycles. The van der Waals surface area contributed by atoms with E-state index in [0.29, 0.717) is 16.3 Å². The van der Waals surface area contributed by atoms with Crippen LogP contribution in [0.25, 0.3) is 0 Å². The van der Waals surface area contributed by atoms with Crippen LogP contribution in [0, 0.1) is 22.2 Å². The first-order valence-corrected chi connectivity index (χ1v) is 9.02. The Hall–Kier alpha value is -1.93. The third kappa shape index (κ3) is 3.91. The van der Waals surface area contributed by atoms with E-state index in [0.717, 1.165) is 0 Å². The fourth-order valence-corrected chi connectivity index (χ4v) is 4.23. The molecule has 1 fully saturated rings. The molecule has 0 aliphatic heterocycles. The minimum atomic E-state index is -0.544. The van der Waals surface area contributed by atoms with Crippen LogP contribution in [-0.4, -0.2) is 23.8 Å². The number of rotatable bonds is 3. The number of carbonyl (C=O) groups is 1. The normalized spacial score (nSPS) is 23.3. The quantitative estimate of drug-likeness (QED) is 0.810. The summed E-state index contributed by atoms with van der Waals surface area (Å²) in [5, 5.41) is 12.3. The molecule has 0 heterocycles. The minimum absolute atomic E-state index is 0.108. The number of nitrogens with zero attached hydrogens (tertiary/aromatic N) is 1. The van der Waals surface area contributed by atoms with E-state index < -0.39 is 11.7 Å². The summed E-state index contributed by atoms with van der Waals surface area (Å²) in [6.07, 6.45) is -0.567. The predicted octanol–water partition coefficient (Wildman–Crippen LogP) is 4.92. The molecule has 5 nitrogen and oxygen atoms in total. The molecule has 6 heteroatoms. The summed E-state index contributed by atoms with van der Waals surface area (Å²) in [4.78, 5) is 12.2. The Bertz CT molecular complexity index is 728. The van der Waals surface area contributed by atoms with E-state index in [1.54, 1.807) is 18.2 Å². The first-order chi connectivity index (χ1) is 11.8. The van der Waals surface area contributed by atoms with Crippen molar-refractivity contribution >= 4 is 17.7 Å². The fourth-order valence-electron chi connectivity index (χ4n) is 4.02. The highest BCUT2D eigenvalue weighted by molar-refractivity contribution is 6.31. The SMILES string of the molecule is CC(C)(C)OC(=O)NC1C(C)(C)C(Oc2ccc(C#N)c(Cl)c2)C1(C)C. The molecule has 142 valence electrons. The lowest BCUT2D eigenvalue weighted by Crippen LogP contribution is -2.74. The molecule has 0 atom stereocenters. The summed E-state index contributed by atoms with van der Waals surface area (Å²) in [5.41, 5.74) is -0.741. The van der Waals surface area contributed by atoms with Gasteiger partial charge in [-0.15, -0.1) is 0 Å². The van der Waals surface area contributed by atoms with Crippen molar-refractivity contribution < 1.29 is 14.3 Å². The Morgan fingerprint density at radius 3 is 2.27 bits per heavy atom. The lowest BCUT2D eigenvalue weighted by Gasteiger charge is -2.62. The largest absolute Gasteiger partial charge is 0.489 e. The highest BCUT2D eigenvalue weighted by Gasteiger charge is 2.64. The molecule has 0 bridgehead atoms. The number of amides is 1. The number of ether oxygens (including phenoxy) is 2. The molecule has 0 unspecified atom stereocenters. The molecule has 1 N–H and O–H groups in total. The summed E-state index contributed by atoms with van der Waals surface area (Å²) in [7, 11) is 0. The molecule has 0 aromatic heterocycles. The molecule has 1 amide bonds. The van der Waals surface area contributed by atoms with E-state index >= 15 is 0 Å². The second kappa shape index (κ2) is 6.66. The maximum absolute atomic E-state index is 12.2. The zero-order valence-corrected chi connectivity index (χ0v) is 17.2. The highest BCUT2D eigenvalue weighted by Crippen LogP contribution is 2.55. The Balaban J connectivity index is 2.14. The number of nitriles is 1. The van der Waals surface area contributed by atoms with Crippen molar-refractivity contribution in [2.75, 3.05) is 0 Å². The average molecular weight is 379 g/mol. The summed E-state index contributed by atoms with van der Waals surface area (Å²) in [6, 6.07) is 6.97. The standard InChI is InChI=1S/C20H27ClN2O3/c1-18(2,3)26-17(24)23-15-19(4,5)16(20(15,6)7)25-13-9-8-12(11-22)14(21)10-13/h8-10,15-16H,1-7H3,(H,23,24). The van der Waals surface area contributed by atoms with Gasteiger partial charge in [-0.3, -0.25) is 0 Å². The molecule has 1 aliphatic rings. The van der Waals surface area contributed by atoms with E-state index in [2.05, 4.69) is 33.0 Å². The highest BCUT2D eigenvalue weighted by atomic mass is 35.5. The van der Waals surface area contributed by atoms with Gasteiger partial charge in [-0.2, -0.15) is 5.26 Å². The van der Waals surface area contributed by atoms with E-state index in [4.69, 9.17) is 26.3 Å². The Morgan fingerprint density at radius 1 is 1.23 bits per heavy atom. The number of hydrogen-bond donors (Lipinski definition) is 1. The van der Waals surface area contributed by atoms with Crippen LogP contribution in [0.2, 0.25) is 5.02 Å². The molecule has 0 radical (unpaired) electrons. The molecule has 0 spiro atoms. The van der Waals surface area contributed by atoms with E-state index in [9.17, 15) is 4.79 Å². The van der Waals surface area contributed by atoms with Gasteiger partial charge in [0.05, 0.1) is 10.6 Å². The van der Waals surface area contributed by atoms with Crippen LogP contribution in [0.1, 0.15) is 54.0 Å². The smallest absolute Gasteiger partial charge is 0.407 e. The van der Waals surface area contributed by atoms with Crippen LogP contribution in [0.5, 0.6) is 5.75 Å². The number of nitrogens with one attached hydrogen (secondary N) is 1. The van der Waals surface area contributed by atoms with Crippen LogP contribution in [-0.2, 0) is 4.74 Å². The molecular formula is C20H27ClN2O3. The van der Waals surface area contributed by atoms with Gasteiger partial charge >= 0.3 is 6.09 Å². The molecule has 2 rings (SSSR count). The predicted molar refractivity (Wildman–Crippen MR) is 101 cm³/mol. The van der Waals surface area contributed by atoms with Crippen molar-refractivity contribution in [2.45, 2.75) is 66.2 Å². The Morgan fingerprint density at radius 2 is 1.81 bits per heavy atom. The van der Waals surface area contributed by atoms with Crippen LogP contribution < -0.4 is 10.1 Å². The molecule has 1 aliphatic carbocycles. The number of carbonyl (C=O) groups excluding carboxylic acids is 1. The van der Waals surface area contributed by atoms with Crippen LogP contribution in [0.4, 0.5) is 4.79 Å². The van der Waals surface area contributed by atoms with E-state index in [1.807, 2.05) is 26.8 Å². The van der Waals surface area contributed by atoms with E-state index in [-0.39, 0.29) is 23.0 Å². The monoisotopic (exact) mass is 378 g/mol. The zero-order chi connectivity index (χ0) is 19.9. The van der Waals surface area contributed by atoms with Gasteiger partial charge in [-0.1, -0.05) is 39.3 Å². The first kappa shape index (κ1) is 20.4. The zero-order valence-electron chi connectivity index (χ0n) is 16.4.